The van der Waals surface area contributed by atoms with Crippen molar-refractivity contribution in [1.82, 2.24) is 9.78 Å². The quantitative estimate of drug-likeness (QED) is 0.712. The molecule has 1 heterocycles. The lowest BCUT2D eigenvalue weighted by Crippen LogP contribution is -2.11. The third-order valence-electron chi connectivity index (χ3n) is 1.79. The summed E-state index contributed by atoms with van der Waals surface area (Å²) in [5.74, 6) is 0. The number of aryl methyl sites for hydroxylation is 1. The van der Waals surface area contributed by atoms with E-state index in [0.717, 1.165) is 12.0 Å². The van der Waals surface area contributed by atoms with Crippen LogP contribution >= 0.6 is 0 Å². The highest BCUT2D eigenvalue weighted by Crippen LogP contribution is 2.11. The van der Waals surface area contributed by atoms with Crippen LogP contribution in [0, 0.1) is 0 Å². The molecule has 1 rings (SSSR count). The number of methoxy groups -OCH3 is 1. The number of hydrogen-bond donors (Lipinski definition) is 1. The maximum atomic E-state index is 5.86. The molecular weight excluding hydrogens is 154 g/mol. The SMILES string of the molecule is COCCC(N)c1cnn(C)c1. The van der Waals surface area contributed by atoms with Crippen molar-refractivity contribution in [1.29, 1.82) is 0 Å². The average Bonchev–Trinajstić information content (AvgIpc) is 2.47. The molecule has 0 radical (unpaired) electrons. The van der Waals surface area contributed by atoms with Crippen LogP contribution in [0.5, 0.6) is 0 Å². The van der Waals surface area contributed by atoms with Gasteiger partial charge in [-0.05, 0) is 6.42 Å². The molecule has 2 N–H and O–H groups in total. The molecule has 1 unspecified atom stereocenters. The molecule has 0 fully saturated rings. The molecule has 0 amide bonds. The summed E-state index contributed by atoms with van der Waals surface area (Å²) >= 11 is 0. The fraction of sp³-hybridized carbons (Fsp3) is 0.625. The lowest BCUT2D eigenvalue weighted by Gasteiger charge is -2.07. The summed E-state index contributed by atoms with van der Waals surface area (Å²) < 4.78 is 6.69. The van der Waals surface area contributed by atoms with Crippen LogP contribution in [0.1, 0.15) is 18.0 Å². The van der Waals surface area contributed by atoms with Crippen molar-refractivity contribution in [3.8, 4) is 0 Å². The Morgan fingerprint density at radius 3 is 3.00 bits per heavy atom. The summed E-state index contributed by atoms with van der Waals surface area (Å²) in [4.78, 5) is 0. The third kappa shape index (κ3) is 2.32. The van der Waals surface area contributed by atoms with Gasteiger partial charge in [0.1, 0.15) is 0 Å². The Morgan fingerprint density at radius 2 is 2.50 bits per heavy atom. The van der Waals surface area contributed by atoms with Gasteiger partial charge in [-0.3, -0.25) is 4.68 Å². The summed E-state index contributed by atoms with van der Waals surface area (Å²) in [7, 11) is 3.56. The molecule has 4 heteroatoms. The lowest BCUT2D eigenvalue weighted by atomic mass is 10.1. The van der Waals surface area contributed by atoms with Crippen LogP contribution < -0.4 is 5.73 Å². The van der Waals surface area contributed by atoms with Crippen LogP contribution in [-0.4, -0.2) is 23.5 Å². The minimum Gasteiger partial charge on any atom is -0.385 e. The van der Waals surface area contributed by atoms with Crippen molar-refractivity contribution in [2.75, 3.05) is 13.7 Å². The molecule has 0 spiro atoms. The fourth-order valence-electron chi connectivity index (χ4n) is 1.04. The Labute approximate surface area is 72.3 Å². The molecule has 68 valence electrons. The lowest BCUT2D eigenvalue weighted by molar-refractivity contribution is 0.188. The number of nitrogens with zero attached hydrogens (tertiary/aromatic N) is 2. The van der Waals surface area contributed by atoms with Gasteiger partial charge in [-0.15, -0.1) is 0 Å². The monoisotopic (exact) mass is 169 g/mol. The Kier molecular flexibility index (Phi) is 3.25. The van der Waals surface area contributed by atoms with Crippen LogP contribution in [-0.2, 0) is 11.8 Å². The number of aromatic nitrogens is 2. The first-order valence-electron chi connectivity index (χ1n) is 3.97. The zero-order valence-corrected chi connectivity index (χ0v) is 7.53. The van der Waals surface area contributed by atoms with Crippen molar-refractivity contribution < 1.29 is 4.74 Å². The summed E-state index contributed by atoms with van der Waals surface area (Å²) in [6.07, 6.45) is 4.56. The van der Waals surface area contributed by atoms with Gasteiger partial charge >= 0.3 is 0 Å². The van der Waals surface area contributed by atoms with Gasteiger partial charge in [0.15, 0.2) is 0 Å². The first-order chi connectivity index (χ1) is 5.74. The Hall–Kier alpha value is -0.870. The van der Waals surface area contributed by atoms with Gasteiger partial charge in [-0.25, -0.2) is 0 Å². The molecule has 0 aromatic carbocycles. The summed E-state index contributed by atoms with van der Waals surface area (Å²) in [5.41, 5.74) is 6.93. The molecule has 4 nitrogen and oxygen atoms in total. The second-order valence-corrected chi connectivity index (χ2v) is 2.84. The van der Waals surface area contributed by atoms with Gasteiger partial charge < -0.3 is 10.5 Å². The van der Waals surface area contributed by atoms with Gasteiger partial charge in [0.05, 0.1) is 6.20 Å². The average molecular weight is 169 g/mol. The second kappa shape index (κ2) is 4.23. The maximum absolute atomic E-state index is 5.86. The van der Waals surface area contributed by atoms with Gasteiger partial charge in [0, 0.05) is 38.6 Å². The van der Waals surface area contributed by atoms with Crippen molar-refractivity contribution in [3.63, 3.8) is 0 Å². The molecular formula is C8H15N3O. The number of ether oxygens (including phenoxy) is 1. The molecule has 1 aromatic heterocycles. The van der Waals surface area contributed by atoms with E-state index in [9.17, 15) is 0 Å². The van der Waals surface area contributed by atoms with E-state index in [1.165, 1.54) is 0 Å². The maximum Gasteiger partial charge on any atom is 0.0537 e. The van der Waals surface area contributed by atoms with E-state index in [-0.39, 0.29) is 6.04 Å². The molecule has 0 saturated carbocycles. The summed E-state index contributed by atoms with van der Waals surface area (Å²) in [6.45, 7) is 0.691. The largest absolute Gasteiger partial charge is 0.385 e. The van der Waals surface area contributed by atoms with Gasteiger partial charge in [0.2, 0.25) is 0 Å². The van der Waals surface area contributed by atoms with Crippen LogP contribution in [0.25, 0.3) is 0 Å². The van der Waals surface area contributed by atoms with Crippen LogP contribution in [0.15, 0.2) is 12.4 Å². The zero-order chi connectivity index (χ0) is 8.97. The Morgan fingerprint density at radius 1 is 1.75 bits per heavy atom. The molecule has 12 heavy (non-hydrogen) atoms. The van der Waals surface area contributed by atoms with E-state index in [1.54, 1.807) is 18.0 Å². The molecule has 0 aliphatic carbocycles. The van der Waals surface area contributed by atoms with Crippen LogP contribution in [0.4, 0.5) is 0 Å². The van der Waals surface area contributed by atoms with E-state index in [2.05, 4.69) is 5.10 Å². The van der Waals surface area contributed by atoms with E-state index < -0.39 is 0 Å². The summed E-state index contributed by atoms with van der Waals surface area (Å²) in [5, 5.41) is 4.04. The molecule has 0 aliphatic heterocycles. The topological polar surface area (TPSA) is 53.1 Å². The van der Waals surface area contributed by atoms with E-state index in [1.807, 2.05) is 13.2 Å². The minimum absolute atomic E-state index is 0.0404. The standard InChI is InChI=1S/C8H15N3O/c1-11-6-7(5-10-11)8(9)3-4-12-2/h5-6,8H,3-4,9H2,1-2H3. The number of hydrogen-bond acceptors (Lipinski definition) is 3. The minimum atomic E-state index is 0.0404. The predicted octanol–water partition coefficient (Wildman–Crippen LogP) is 0.456. The van der Waals surface area contributed by atoms with Crippen molar-refractivity contribution >= 4 is 0 Å². The number of nitrogens with two attached hydrogens (primary N) is 1. The Balaban J connectivity index is 2.47. The first-order valence-corrected chi connectivity index (χ1v) is 3.97. The molecule has 0 aliphatic rings. The highest BCUT2D eigenvalue weighted by molar-refractivity contribution is 5.08. The molecule has 1 atom stereocenters. The van der Waals surface area contributed by atoms with E-state index >= 15 is 0 Å². The van der Waals surface area contributed by atoms with Gasteiger partial charge in [-0.2, -0.15) is 5.10 Å². The van der Waals surface area contributed by atoms with Crippen molar-refractivity contribution in [3.05, 3.63) is 18.0 Å². The predicted molar refractivity (Wildman–Crippen MR) is 46.6 cm³/mol. The molecule has 0 bridgehead atoms. The Bertz CT molecular complexity index is 234. The first kappa shape index (κ1) is 9.22. The second-order valence-electron chi connectivity index (χ2n) is 2.84. The van der Waals surface area contributed by atoms with Gasteiger partial charge in [0.25, 0.3) is 0 Å². The van der Waals surface area contributed by atoms with Gasteiger partial charge in [-0.1, -0.05) is 0 Å². The smallest absolute Gasteiger partial charge is 0.0537 e. The molecule has 1 aromatic rings. The third-order valence-corrected chi connectivity index (χ3v) is 1.79. The summed E-state index contributed by atoms with van der Waals surface area (Å²) in [6, 6.07) is 0.0404. The van der Waals surface area contributed by atoms with E-state index in [0.29, 0.717) is 6.61 Å². The van der Waals surface area contributed by atoms with Crippen molar-refractivity contribution in [2.24, 2.45) is 12.8 Å². The highest BCUT2D eigenvalue weighted by atomic mass is 16.5. The van der Waals surface area contributed by atoms with Crippen molar-refractivity contribution in [2.45, 2.75) is 12.5 Å². The highest BCUT2D eigenvalue weighted by Gasteiger charge is 2.06. The fourth-order valence-corrected chi connectivity index (χ4v) is 1.04. The normalized spacial score (nSPS) is 13.2. The zero-order valence-electron chi connectivity index (χ0n) is 7.53. The molecule has 0 saturated heterocycles. The van der Waals surface area contributed by atoms with Crippen LogP contribution in [0.3, 0.4) is 0 Å². The van der Waals surface area contributed by atoms with Crippen LogP contribution in [0.2, 0.25) is 0 Å². The van der Waals surface area contributed by atoms with E-state index in [4.69, 9.17) is 10.5 Å². The number of rotatable bonds is 4.